The summed E-state index contributed by atoms with van der Waals surface area (Å²) in [4.78, 5) is 23.5. The molecule has 0 aromatic heterocycles. The number of halogens is 3. The largest absolute Gasteiger partial charge is 0.480 e. The molecule has 0 saturated carbocycles. The topological polar surface area (TPSA) is 69.6 Å². The summed E-state index contributed by atoms with van der Waals surface area (Å²) in [6.07, 6.45) is 0. The Kier molecular flexibility index (Phi) is 5.57. The Balaban J connectivity index is 2.91. The molecule has 0 atom stereocenters. The Bertz CT molecular complexity index is 550. The van der Waals surface area contributed by atoms with Gasteiger partial charge in [0.1, 0.15) is 6.54 Å². The van der Waals surface area contributed by atoms with E-state index < -0.39 is 41.7 Å². The third-order valence-electron chi connectivity index (χ3n) is 2.48. The van der Waals surface area contributed by atoms with Crippen LogP contribution in [0.15, 0.2) is 12.1 Å². The number of hydrogen-bond acceptors (Lipinski definition) is 2. The van der Waals surface area contributed by atoms with Crippen molar-refractivity contribution in [3.8, 4) is 0 Å². The van der Waals surface area contributed by atoms with Gasteiger partial charge >= 0.3 is 12.0 Å². The molecule has 0 aliphatic carbocycles. The van der Waals surface area contributed by atoms with E-state index in [0.717, 1.165) is 11.0 Å². The van der Waals surface area contributed by atoms with Crippen molar-refractivity contribution >= 4 is 17.7 Å². The lowest BCUT2D eigenvalue weighted by atomic mass is 10.2. The summed E-state index contributed by atoms with van der Waals surface area (Å²) in [5.41, 5.74) is -0.557. The number of carboxylic acid groups (broad SMARTS) is 1. The van der Waals surface area contributed by atoms with Crippen LogP contribution in [-0.2, 0) is 4.79 Å². The number of carbonyl (C=O) groups excluding carboxylic acids is 1. The summed E-state index contributed by atoms with van der Waals surface area (Å²) in [5, 5.41) is 10.8. The maximum absolute atomic E-state index is 13.4. The van der Waals surface area contributed by atoms with E-state index in [9.17, 15) is 22.8 Å². The van der Waals surface area contributed by atoms with Crippen LogP contribution in [-0.4, -0.2) is 35.1 Å². The maximum Gasteiger partial charge on any atom is 0.323 e. The van der Waals surface area contributed by atoms with E-state index in [4.69, 9.17) is 5.11 Å². The molecule has 0 unspecified atom stereocenters. The van der Waals surface area contributed by atoms with Crippen molar-refractivity contribution in [3.05, 3.63) is 29.6 Å². The third-order valence-corrected chi connectivity index (χ3v) is 2.48. The molecule has 1 aromatic carbocycles. The van der Waals surface area contributed by atoms with Crippen molar-refractivity contribution in [2.75, 3.05) is 18.4 Å². The number of aliphatic carboxylic acids is 1. The van der Waals surface area contributed by atoms with Gasteiger partial charge in [-0.1, -0.05) is 13.8 Å². The summed E-state index contributed by atoms with van der Waals surface area (Å²) in [5.74, 6) is -5.89. The highest BCUT2D eigenvalue weighted by Gasteiger charge is 2.21. The van der Waals surface area contributed by atoms with Crippen LogP contribution in [0.2, 0.25) is 0 Å². The summed E-state index contributed by atoms with van der Waals surface area (Å²) in [7, 11) is 0. The van der Waals surface area contributed by atoms with Crippen LogP contribution in [0.5, 0.6) is 0 Å². The number of carbonyl (C=O) groups is 2. The number of nitrogens with one attached hydrogen (secondary N) is 1. The van der Waals surface area contributed by atoms with Crippen molar-refractivity contribution in [2.24, 2.45) is 5.92 Å². The fraction of sp³-hybridized carbons (Fsp3) is 0.385. The van der Waals surface area contributed by atoms with Gasteiger partial charge in [0.05, 0.1) is 5.69 Å². The molecule has 5 nitrogen and oxygen atoms in total. The van der Waals surface area contributed by atoms with Crippen LogP contribution in [0.4, 0.5) is 23.7 Å². The van der Waals surface area contributed by atoms with E-state index in [1.54, 1.807) is 13.8 Å². The van der Waals surface area contributed by atoms with Gasteiger partial charge in [0, 0.05) is 6.54 Å². The highest BCUT2D eigenvalue weighted by molar-refractivity contribution is 5.91. The number of urea groups is 1. The van der Waals surface area contributed by atoms with Gasteiger partial charge in [-0.2, -0.15) is 0 Å². The zero-order valence-electron chi connectivity index (χ0n) is 11.5. The Labute approximate surface area is 119 Å². The molecule has 21 heavy (non-hydrogen) atoms. The molecule has 0 radical (unpaired) electrons. The number of rotatable bonds is 5. The minimum atomic E-state index is -1.71. The molecule has 0 fully saturated rings. The van der Waals surface area contributed by atoms with Crippen molar-refractivity contribution in [2.45, 2.75) is 13.8 Å². The molecule has 0 spiro atoms. The molecule has 0 aliphatic heterocycles. The van der Waals surface area contributed by atoms with Gasteiger partial charge in [-0.15, -0.1) is 0 Å². The fourth-order valence-electron chi connectivity index (χ4n) is 1.64. The number of hydrogen-bond donors (Lipinski definition) is 2. The number of carboxylic acids is 1. The molecule has 1 aromatic rings. The van der Waals surface area contributed by atoms with Gasteiger partial charge in [0.15, 0.2) is 17.5 Å². The summed E-state index contributed by atoms with van der Waals surface area (Å²) >= 11 is 0. The molecule has 1 rings (SSSR count). The zero-order valence-corrected chi connectivity index (χ0v) is 11.5. The highest BCUT2D eigenvalue weighted by Crippen LogP contribution is 2.20. The van der Waals surface area contributed by atoms with E-state index in [1.807, 2.05) is 5.32 Å². The van der Waals surface area contributed by atoms with Gasteiger partial charge < -0.3 is 15.3 Å². The minimum absolute atomic E-state index is 0.0232. The van der Waals surface area contributed by atoms with Gasteiger partial charge in [-0.3, -0.25) is 4.79 Å². The SMILES string of the molecule is CC(C)CN(CC(=O)O)C(=O)Nc1ccc(F)c(F)c1F. The highest BCUT2D eigenvalue weighted by atomic mass is 19.2. The van der Waals surface area contributed by atoms with Crippen LogP contribution >= 0.6 is 0 Å². The summed E-state index contributed by atoms with van der Waals surface area (Å²) < 4.78 is 39.3. The fourth-order valence-corrected chi connectivity index (χ4v) is 1.64. The molecule has 0 saturated heterocycles. The van der Waals surface area contributed by atoms with Crippen LogP contribution in [0.1, 0.15) is 13.8 Å². The number of amides is 2. The second-order valence-corrected chi connectivity index (χ2v) is 4.82. The molecule has 0 aliphatic rings. The predicted octanol–water partition coefficient (Wildman–Crippen LogP) is 2.68. The van der Waals surface area contributed by atoms with E-state index in [1.165, 1.54) is 0 Å². The monoisotopic (exact) mass is 304 g/mol. The van der Waals surface area contributed by atoms with E-state index in [0.29, 0.717) is 6.07 Å². The Hall–Kier alpha value is -2.25. The number of nitrogens with zero attached hydrogens (tertiary/aromatic N) is 1. The first-order valence-corrected chi connectivity index (χ1v) is 6.13. The quantitative estimate of drug-likeness (QED) is 0.822. The van der Waals surface area contributed by atoms with Crippen LogP contribution in [0, 0.1) is 23.4 Å². The molecule has 0 heterocycles. The van der Waals surface area contributed by atoms with Gasteiger partial charge in [0.25, 0.3) is 0 Å². The minimum Gasteiger partial charge on any atom is -0.480 e. The Morgan fingerprint density at radius 1 is 1.24 bits per heavy atom. The smallest absolute Gasteiger partial charge is 0.323 e. The average molecular weight is 304 g/mol. The molecule has 8 heteroatoms. The second kappa shape index (κ2) is 6.96. The molecular formula is C13H15F3N2O3. The summed E-state index contributed by atoms with van der Waals surface area (Å²) in [6.45, 7) is 3.05. The molecule has 116 valence electrons. The van der Waals surface area contributed by atoms with Crippen LogP contribution in [0.25, 0.3) is 0 Å². The van der Waals surface area contributed by atoms with Crippen molar-refractivity contribution in [1.82, 2.24) is 4.90 Å². The van der Waals surface area contributed by atoms with Crippen molar-refractivity contribution in [3.63, 3.8) is 0 Å². The van der Waals surface area contributed by atoms with Crippen molar-refractivity contribution < 1.29 is 27.9 Å². The van der Waals surface area contributed by atoms with E-state index in [-0.39, 0.29) is 12.5 Å². The molecular weight excluding hydrogens is 289 g/mol. The first-order valence-electron chi connectivity index (χ1n) is 6.13. The molecule has 2 N–H and O–H groups in total. The van der Waals surface area contributed by atoms with Crippen molar-refractivity contribution in [1.29, 1.82) is 0 Å². The second-order valence-electron chi connectivity index (χ2n) is 4.82. The number of benzene rings is 1. The first kappa shape index (κ1) is 16.8. The lowest BCUT2D eigenvalue weighted by molar-refractivity contribution is -0.137. The van der Waals surface area contributed by atoms with E-state index >= 15 is 0 Å². The summed E-state index contributed by atoms with van der Waals surface area (Å²) in [6, 6.07) is 0.619. The first-order chi connectivity index (χ1) is 9.72. The Morgan fingerprint density at radius 2 is 1.86 bits per heavy atom. The normalized spacial score (nSPS) is 10.6. The Morgan fingerprint density at radius 3 is 2.38 bits per heavy atom. The van der Waals surface area contributed by atoms with Crippen LogP contribution < -0.4 is 5.32 Å². The van der Waals surface area contributed by atoms with Crippen LogP contribution in [0.3, 0.4) is 0 Å². The average Bonchev–Trinajstić information content (AvgIpc) is 2.37. The van der Waals surface area contributed by atoms with Gasteiger partial charge in [0.2, 0.25) is 0 Å². The maximum atomic E-state index is 13.4. The number of anilines is 1. The standard InChI is InChI=1S/C13H15F3N2O3/c1-7(2)5-18(6-10(19)20)13(21)17-9-4-3-8(14)11(15)12(9)16/h3-4,7H,5-6H2,1-2H3,(H,17,21)(H,19,20). The third kappa shape index (κ3) is 4.66. The molecule has 2 amide bonds. The van der Waals surface area contributed by atoms with Gasteiger partial charge in [-0.25, -0.2) is 18.0 Å². The van der Waals surface area contributed by atoms with E-state index in [2.05, 4.69) is 0 Å². The predicted molar refractivity (Wildman–Crippen MR) is 69.4 cm³/mol. The lowest BCUT2D eigenvalue weighted by Crippen LogP contribution is -2.41. The lowest BCUT2D eigenvalue weighted by Gasteiger charge is -2.23. The van der Waals surface area contributed by atoms with Gasteiger partial charge in [-0.05, 0) is 18.1 Å². The zero-order chi connectivity index (χ0) is 16.2. The molecule has 0 bridgehead atoms.